The van der Waals surface area contributed by atoms with Crippen molar-refractivity contribution in [2.45, 2.75) is 38.8 Å². The molecule has 106 valence electrons. The first-order valence-electron chi connectivity index (χ1n) is 7.43. The summed E-state index contributed by atoms with van der Waals surface area (Å²) in [6.07, 6.45) is 3.45. The largest absolute Gasteiger partial charge is 0.381 e. The quantitative estimate of drug-likeness (QED) is 0.776. The van der Waals surface area contributed by atoms with Crippen molar-refractivity contribution in [1.82, 2.24) is 0 Å². The second kappa shape index (κ2) is 7.71. The molecule has 2 rings (SSSR count). The van der Waals surface area contributed by atoms with Crippen molar-refractivity contribution in [2.75, 3.05) is 5.32 Å². The lowest BCUT2D eigenvalue weighted by Crippen LogP contribution is -2.10. The zero-order chi connectivity index (χ0) is 14.2. The van der Waals surface area contributed by atoms with Crippen LogP contribution in [0.3, 0.4) is 0 Å². The summed E-state index contributed by atoms with van der Waals surface area (Å²) in [5, 5.41) is 3.43. The van der Waals surface area contributed by atoms with Gasteiger partial charge >= 0.3 is 0 Å². The molecule has 20 heavy (non-hydrogen) atoms. The fraction of sp³-hybridized carbons (Fsp3) is 0.333. The normalized spacial score (nSPS) is 12.1. The topological polar surface area (TPSA) is 38.0 Å². The highest BCUT2D eigenvalue weighted by Gasteiger charge is 2.04. The van der Waals surface area contributed by atoms with Crippen molar-refractivity contribution in [2.24, 2.45) is 5.73 Å². The third-order valence-corrected chi connectivity index (χ3v) is 3.55. The van der Waals surface area contributed by atoms with Gasteiger partial charge in [0, 0.05) is 18.3 Å². The van der Waals surface area contributed by atoms with Gasteiger partial charge < -0.3 is 11.1 Å². The van der Waals surface area contributed by atoms with Crippen molar-refractivity contribution in [1.29, 1.82) is 0 Å². The molecule has 0 aliphatic rings. The molecule has 0 unspecified atom stereocenters. The average Bonchev–Trinajstić information content (AvgIpc) is 2.52. The number of anilines is 1. The lowest BCUT2D eigenvalue weighted by atomic mass is 10.0. The van der Waals surface area contributed by atoms with Crippen molar-refractivity contribution in [3.63, 3.8) is 0 Å². The molecule has 0 bridgehead atoms. The van der Waals surface area contributed by atoms with Crippen LogP contribution >= 0.6 is 0 Å². The van der Waals surface area contributed by atoms with Crippen LogP contribution in [0, 0.1) is 0 Å². The molecule has 0 aromatic heterocycles. The molecule has 1 atom stereocenters. The Balaban J connectivity index is 1.88. The summed E-state index contributed by atoms with van der Waals surface area (Å²) < 4.78 is 0. The molecule has 0 amide bonds. The molecular weight excluding hydrogens is 244 g/mol. The minimum Gasteiger partial charge on any atom is -0.381 e. The predicted octanol–water partition coefficient (Wildman–Crippen LogP) is 4.49. The summed E-state index contributed by atoms with van der Waals surface area (Å²) in [5.41, 5.74) is 9.83. The number of hydrogen-bond donors (Lipinski definition) is 2. The number of benzene rings is 2. The number of hydrogen-bond acceptors (Lipinski definition) is 2. The van der Waals surface area contributed by atoms with Crippen LogP contribution in [0.25, 0.3) is 0 Å². The summed E-state index contributed by atoms with van der Waals surface area (Å²) in [4.78, 5) is 0. The summed E-state index contributed by atoms with van der Waals surface area (Å²) in [5.74, 6) is 0. The van der Waals surface area contributed by atoms with Gasteiger partial charge in [-0.2, -0.15) is 0 Å². The van der Waals surface area contributed by atoms with Gasteiger partial charge in [-0.1, -0.05) is 62.2 Å². The van der Waals surface area contributed by atoms with Crippen molar-refractivity contribution >= 4 is 5.69 Å². The monoisotopic (exact) mass is 268 g/mol. The maximum absolute atomic E-state index is 6.18. The van der Waals surface area contributed by atoms with Crippen LogP contribution in [-0.2, 0) is 6.54 Å². The Bertz CT molecular complexity index is 491. The molecule has 2 aromatic rings. The van der Waals surface area contributed by atoms with E-state index in [4.69, 9.17) is 5.73 Å². The van der Waals surface area contributed by atoms with Gasteiger partial charge in [0.25, 0.3) is 0 Å². The highest BCUT2D eigenvalue weighted by molar-refractivity contribution is 5.45. The maximum Gasteiger partial charge on any atom is 0.0400 e. The smallest absolute Gasteiger partial charge is 0.0400 e. The Morgan fingerprint density at radius 1 is 1.00 bits per heavy atom. The Labute approximate surface area is 122 Å². The summed E-state index contributed by atoms with van der Waals surface area (Å²) in [7, 11) is 0. The summed E-state index contributed by atoms with van der Waals surface area (Å²) in [6.45, 7) is 3.05. The van der Waals surface area contributed by atoms with Crippen LogP contribution in [0.1, 0.15) is 43.4 Å². The van der Waals surface area contributed by atoms with Gasteiger partial charge in [0.1, 0.15) is 0 Å². The molecule has 0 fully saturated rings. The Morgan fingerprint density at radius 3 is 2.35 bits per heavy atom. The van der Waals surface area contributed by atoms with Crippen LogP contribution in [0.15, 0.2) is 54.6 Å². The third-order valence-electron chi connectivity index (χ3n) is 3.55. The fourth-order valence-corrected chi connectivity index (χ4v) is 2.24. The third kappa shape index (κ3) is 4.39. The van der Waals surface area contributed by atoms with Crippen molar-refractivity contribution < 1.29 is 0 Å². The molecular formula is C18H24N2. The van der Waals surface area contributed by atoms with E-state index in [9.17, 15) is 0 Å². The second-order valence-corrected chi connectivity index (χ2v) is 5.21. The molecule has 0 aliphatic carbocycles. The van der Waals surface area contributed by atoms with E-state index >= 15 is 0 Å². The molecule has 0 aliphatic heterocycles. The second-order valence-electron chi connectivity index (χ2n) is 5.21. The van der Waals surface area contributed by atoms with E-state index in [1.54, 1.807) is 0 Å². The van der Waals surface area contributed by atoms with E-state index < -0.39 is 0 Å². The van der Waals surface area contributed by atoms with Gasteiger partial charge in [-0.15, -0.1) is 0 Å². The predicted molar refractivity (Wildman–Crippen MR) is 86.7 cm³/mol. The van der Waals surface area contributed by atoms with Gasteiger partial charge in [0.05, 0.1) is 0 Å². The standard InChI is InChI=1S/C18H24N2/c1-2-3-9-18(19)16-10-12-17(13-11-16)20-14-15-7-5-4-6-8-15/h4-8,10-13,18,20H,2-3,9,14,19H2,1H3/t18-/m0/s1. The molecule has 3 N–H and O–H groups in total. The number of unbranched alkanes of at least 4 members (excludes halogenated alkanes) is 1. The Morgan fingerprint density at radius 2 is 1.70 bits per heavy atom. The van der Waals surface area contributed by atoms with Gasteiger partial charge in [-0.05, 0) is 29.7 Å². The highest BCUT2D eigenvalue weighted by atomic mass is 14.9. The van der Waals surface area contributed by atoms with Gasteiger partial charge in [-0.3, -0.25) is 0 Å². The van der Waals surface area contributed by atoms with Crippen LogP contribution in [-0.4, -0.2) is 0 Å². The molecule has 0 spiro atoms. The van der Waals surface area contributed by atoms with Crippen molar-refractivity contribution in [3.05, 3.63) is 65.7 Å². The first-order chi connectivity index (χ1) is 9.79. The van der Waals surface area contributed by atoms with Crippen LogP contribution in [0.4, 0.5) is 5.69 Å². The number of nitrogens with two attached hydrogens (primary N) is 1. The first kappa shape index (κ1) is 14.6. The summed E-state index contributed by atoms with van der Waals surface area (Å²) >= 11 is 0. The lowest BCUT2D eigenvalue weighted by molar-refractivity contribution is 0.603. The van der Waals surface area contributed by atoms with E-state index in [-0.39, 0.29) is 6.04 Å². The Hall–Kier alpha value is -1.80. The van der Waals surface area contributed by atoms with Crippen LogP contribution < -0.4 is 11.1 Å². The minimum absolute atomic E-state index is 0.165. The Kier molecular flexibility index (Phi) is 5.63. The fourth-order valence-electron chi connectivity index (χ4n) is 2.24. The van der Waals surface area contributed by atoms with E-state index in [1.807, 2.05) is 6.07 Å². The van der Waals surface area contributed by atoms with E-state index in [2.05, 4.69) is 60.8 Å². The van der Waals surface area contributed by atoms with E-state index in [0.717, 1.165) is 18.7 Å². The zero-order valence-electron chi connectivity index (χ0n) is 12.2. The highest BCUT2D eigenvalue weighted by Crippen LogP contribution is 2.19. The number of nitrogens with one attached hydrogen (secondary N) is 1. The molecule has 2 aromatic carbocycles. The minimum atomic E-state index is 0.165. The van der Waals surface area contributed by atoms with Gasteiger partial charge in [-0.25, -0.2) is 0 Å². The molecule has 2 nitrogen and oxygen atoms in total. The molecule has 2 heteroatoms. The molecule has 0 saturated heterocycles. The maximum atomic E-state index is 6.18. The van der Waals surface area contributed by atoms with E-state index in [1.165, 1.54) is 24.0 Å². The lowest BCUT2D eigenvalue weighted by Gasteiger charge is -2.13. The first-order valence-corrected chi connectivity index (χ1v) is 7.43. The average molecular weight is 268 g/mol. The van der Waals surface area contributed by atoms with Gasteiger partial charge in [0.2, 0.25) is 0 Å². The molecule has 0 radical (unpaired) electrons. The van der Waals surface area contributed by atoms with Crippen LogP contribution in [0.5, 0.6) is 0 Å². The molecule has 0 heterocycles. The van der Waals surface area contributed by atoms with Gasteiger partial charge in [0.15, 0.2) is 0 Å². The number of rotatable bonds is 7. The summed E-state index contributed by atoms with van der Waals surface area (Å²) in [6, 6.07) is 19.1. The SMILES string of the molecule is CCCC[C@H](N)c1ccc(NCc2ccccc2)cc1. The molecule has 0 saturated carbocycles. The van der Waals surface area contributed by atoms with E-state index in [0.29, 0.717) is 0 Å². The zero-order valence-corrected chi connectivity index (χ0v) is 12.2. The van der Waals surface area contributed by atoms with Crippen LogP contribution in [0.2, 0.25) is 0 Å². The van der Waals surface area contributed by atoms with Crippen molar-refractivity contribution in [3.8, 4) is 0 Å².